The van der Waals surface area contributed by atoms with Crippen molar-refractivity contribution in [2.45, 2.75) is 109 Å². The van der Waals surface area contributed by atoms with Crippen molar-refractivity contribution in [1.29, 1.82) is 0 Å². The lowest BCUT2D eigenvalue weighted by Gasteiger charge is -2.31. The molecule has 0 aliphatic rings. The summed E-state index contributed by atoms with van der Waals surface area (Å²) in [4.78, 5) is 12.4. The molecule has 0 saturated carbocycles. The van der Waals surface area contributed by atoms with Gasteiger partial charge in [0.1, 0.15) is 5.75 Å². The van der Waals surface area contributed by atoms with Crippen LogP contribution in [0.4, 0.5) is 22.0 Å². The molecule has 42 heavy (non-hydrogen) atoms. The molecule has 1 amide bonds. The van der Waals surface area contributed by atoms with Crippen LogP contribution in [0.5, 0.6) is 5.75 Å². The quantitative estimate of drug-likeness (QED) is 0.0863. The van der Waals surface area contributed by atoms with Gasteiger partial charge in [0.15, 0.2) is 29.4 Å². The second kappa shape index (κ2) is 14.9. The maximum absolute atomic E-state index is 14.4. The minimum atomic E-state index is -2.19. The Kier molecular flexibility index (Phi) is 12.7. The Morgan fingerprint density at radius 2 is 1.45 bits per heavy atom. The first-order chi connectivity index (χ1) is 19.5. The maximum Gasteiger partial charge on any atom is 0.258 e. The molecule has 0 heterocycles. The van der Waals surface area contributed by atoms with E-state index >= 15 is 0 Å². The summed E-state index contributed by atoms with van der Waals surface area (Å²) >= 11 is 6.52. The summed E-state index contributed by atoms with van der Waals surface area (Å²) < 4.78 is 76.2. The average molecular weight is 619 g/mol. The first kappa shape index (κ1) is 35.8. The molecule has 4 nitrogen and oxygen atoms in total. The topological polar surface area (TPSA) is 64.3 Å². The van der Waals surface area contributed by atoms with E-state index in [2.05, 4.69) is 52.9 Å². The first-order valence-electron chi connectivity index (χ1n) is 14.5. The third-order valence-electron chi connectivity index (χ3n) is 8.36. The lowest BCUT2D eigenvalue weighted by molar-refractivity contribution is -0.125. The van der Waals surface area contributed by atoms with E-state index in [0.717, 1.165) is 24.0 Å². The third-order valence-corrected chi connectivity index (χ3v) is 8.69. The van der Waals surface area contributed by atoms with Gasteiger partial charge in [0.05, 0.1) is 5.38 Å². The molecule has 3 N–H and O–H groups in total. The molecule has 0 spiro atoms. The fourth-order valence-electron chi connectivity index (χ4n) is 4.76. The van der Waals surface area contributed by atoms with Gasteiger partial charge in [-0.1, -0.05) is 67.0 Å². The Hall–Kier alpha value is -2.39. The van der Waals surface area contributed by atoms with Crippen LogP contribution < -0.4 is 15.8 Å². The van der Waals surface area contributed by atoms with E-state index in [1.807, 2.05) is 12.1 Å². The van der Waals surface area contributed by atoms with Crippen molar-refractivity contribution in [3.63, 3.8) is 0 Å². The number of hydrogen-bond acceptors (Lipinski definition) is 3. The molecule has 10 heteroatoms. The lowest BCUT2D eigenvalue weighted by Crippen LogP contribution is -2.39. The van der Waals surface area contributed by atoms with Crippen molar-refractivity contribution < 1.29 is 31.5 Å². The minimum Gasteiger partial charge on any atom is -0.480 e. The van der Waals surface area contributed by atoms with Crippen LogP contribution in [0.15, 0.2) is 18.2 Å². The molecule has 0 fully saturated rings. The van der Waals surface area contributed by atoms with Gasteiger partial charge in [-0.15, -0.1) is 11.6 Å². The summed E-state index contributed by atoms with van der Waals surface area (Å²) in [5.74, 6) is -11.0. The van der Waals surface area contributed by atoms with E-state index in [4.69, 9.17) is 22.1 Å². The standard InChI is InChI=1S/C32H44ClF5N2O2/c1-8-11-18(24-25(34)27(36)29(38)28(37)26(24)35)16-40-17-20(33)15-23(30(39)41)42-22-13-12-19(31(4,5)9-2)14-21(22)32(6,7)10-3/h12-14,18,20,23,40H,8-11,15-17H2,1-7H3,(H2,39,41). The van der Waals surface area contributed by atoms with Crippen molar-refractivity contribution in [3.8, 4) is 5.75 Å². The number of nitrogens with two attached hydrogens (primary N) is 1. The highest BCUT2D eigenvalue weighted by Gasteiger charge is 2.32. The number of amides is 1. The largest absolute Gasteiger partial charge is 0.480 e. The van der Waals surface area contributed by atoms with Crippen molar-refractivity contribution >= 4 is 17.5 Å². The van der Waals surface area contributed by atoms with E-state index in [1.165, 1.54) is 0 Å². The SMILES string of the molecule is CCCC(CNCC(Cl)CC(Oc1ccc(C(C)(C)CC)cc1C(C)(C)CC)C(N)=O)c1c(F)c(F)c(F)c(F)c1F. The zero-order chi connectivity index (χ0) is 32.0. The number of carbonyl (C=O) groups is 1. The van der Waals surface area contributed by atoms with Crippen molar-refractivity contribution in [2.24, 2.45) is 5.73 Å². The van der Waals surface area contributed by atoms with Gasteiger partial charge in [0, 0.05) is 36.6 Å². The average Bonchev–Trinajstić information content (AvgIpc) is 2.94. The summed E-state index contributed by atoms with van der Waals surface area (Å²) in [6.45, 7) is 14.4. The van der Waals surface area contributed by atoms with Crippen LogP contribution in [0.1, 0.15) is 103 Å². The third kappa shape index (κ3) is 8.37. The number of rotatable bonds is 16. The Bertz CT molecular complexity index is 1210. The highest BCUT2D eigenvalue weighted by Crippen LogP contribution is 2.39. The van der Waals surface area contributed by atoms with Gasteiger partial charge in [-0.05, 0) is 41.7 Å². The Balaban J connectivity index is 2.21. The number of carbonyl (C=O) groups excluding carboxylic acids is 1. The molecule has 0 aliphatic heterocycles. The summed E-state index contributed by atoms with van der Waals surface area (Å²) in [5, 5.41) is 2.26. The molecule has 0 bridgehead atoms. The number of nitrogens with one attached hydrogen (secondary N) is 1. The van der Waals surface area contributed by atoms with Crippen LogP contribution >= 0.6 is 11.6 Å². The van der Waals surface area contributed by atoms with Crippen LogP contribution in [0, 0.1) is 29.1 Å². The first-order valence-corrected chi connectivity index (χ1v) is 14.9. The Morgan fingerprint density at radius 3 is 1.95 bits per heavy atom. The molecule has 2 aromatic rings. The van der Waals surface area contributed by atoms with Gasteiger partial charge in [-0.3, -0.25) is 4.79 Å². The van der Waals surface area contributed by atoms with Crippen LogP contribution in [0.2, 0.25) is 0 Å². The van der Waals surface area contributed by atoms with Crippen molar-refractivity contribution in [1.82, 2.24) is 5.32 Å². The summed E-state index contributed by atoms with van der Waals surface area (Å²) in [5.41, 5.74) is 6.62. The van der Waals surface area contributed by atoms with E-state index in [-0.39, 0.29) is 36.8 Å². The molecule has 0 aliphatic carbocycles. The van der Waals surface area contributed by atoms with E-state index in [0.29, 0.717) is 12.2 Å². The smallest absolute Gasteiger partial charge is 0.258 e. The molecule has 3 atom stereocenters. The lowest BCUT2D eigenvalue weighted by atomic mass is 9.76. The Labute approximate surface area is 251 Å². The highest BCUT2D eigenvalue weighted by atomic mass is 35.5. The normalized spacial score (nSPS) is 14.5. The maximum atomic E-state index is 14.4. The van der Waals surface area contributed by atoms with E-state index in [1.54, 1.807) is 6.92 Å². The van der Waals surface area contributed by atoms with Gasteiger partial charge in [-0.2, -0.15) is 0 Å². The predicted molar refractivity (Wildman–Crippen MR) is 158 cm³/mol. The van der Waals surface area contributed by atoms with E-state index < -0.39 is 58.0 Å². The summed E-state index contributed by atoms with van der Waals surface area (Å²) in [6, 6.07) is 5.96. The molecule has 2 aromatic carbocycles. The zero-order valence-corrected chi connectivity index (χ0v) is 26.3. The molecule has 3 unspecified atom stereocenters. The number of primary amides is 1. The fraction of sp³-hybridized carbons (Fsp3) is 0.594. The number of benzene rings is 2. The second-order valence-electron chi connectivity index (χ2n) is 12.2. The van der Waals surface area contributed by atoms with Gasteiger partial charge in [0.2, 0.25) is 5.82 Å². The van der Waals surface area contributed by atoms with Crippen LogP contribution in [-0.2, 0) is 15.6 Å². The fourth-order valence-corrected chi connectivity index (χ4v) is 5.03. The van der Waals surface area contributed by atoms with Gasteiger partial charge < -0.3 is 15.8 Å². The molecule has 0 radical (unpaired) electrons. The summed E-state index contributed by atoms with van der Waals surface area (Å²) in [7, 11) is 0. The monoisotopic (exact) mass is 618 g/mol. The number of alkyl halides is 1. The predicted octanol–water partition coefficient (Wildman–Crippen LogP) is 8.16. The van der Waals surface area contributed by atoms with Crippen molar-refractivity contribution in [3.05, 3.63) is 64.0 Å². The number of ether oxygens (including phenoxy) is 1. The zero-order valence-electron chi connectivity index (χ0n) is 25.6. The molecule has 2 rings (SSSR count). The minimum absolute atomic E-state index is 0.0268. The molecular formula is C32H44ClF5N2O2. The molecular weight excluding hydrogens is 575 g/mol. The number of halogens is 6. The van der Waals surface area contributed by atoms with E-state index in [9.17, 15) is 26.7 Å². The molecule has 0 saturated heterocycles. The van der Waals surface area contributed by atoms with Gasteiger partial charge >= 0.3 is 0 Å². The van der Waals surface area contributed by atoms with Crippen molar-refractivity contribution in [2.75, 3.05) is 13.1 Å². The Morgan fingerprint density at radius 1 is 0.905 bits per heavy atom. The molecule has 236 valence electrons. The van der Waals surface area contributed by atoms with Gasteiger partial charge in [-0.25, -0.2) is 22.0 Å². The number of hydrogen-bond donors (Lipinski definition) is 2. The molecule has 0 aromatic heterocycles. The van der Waals surface area contributed by atoms with Crippen LogP contribution in [0.3, 0.4) is 0 Å². The summed E-state index contributed by atoms with van der Waals surface area (Å²) in [6.07, 6.45) is 1.34. The van der Waals surface area contributed by atoms with Crippen LogP contribution in [0.25, 0.3) is 0 Å². The van der Waals surface area contributed by atoms with Crippen LogP contribution in [-0.4, -0.2) is 30.5 Å². The highest BCUT2D eigenvalue weighted by molar-refractivity contribution is 6.21. The second-order valence-corrected chi connectivity index (χ2v) is 12.8. The van der Waals surface area contributed by atoms with Gasteiger partial charge in [0.25, 0.3) is 5.91 Å².